The Kier molecular flexibility index (Phi) is 24.9. The first-order valence-electron chi connectivity index (χ1n) is 15.0. The Labute approximate surface area is 223 Å². The lowest BCUT2D eigenvalue weighted by atomic mass is 9.96. The maximum Gasteiger partial charge on any atom is 0.472 e. The molecule has 0 aromatic carbocycles. The Morgan fingerprint density at radius 2 is 1.22 bits per heavy atom. The quantitative estimate of drug-likeness (QED) is 0.0800. The highest BCUT2D eigenvalue weighted by molar-refractivity contribution is 7.47. The number of rotatable bonds is 28. The van der Waals surface area contributed by atoms with E-state index < -0.39 is 7.82 Å². The average molecular weight is 534 g/mol. The topological polar surface area (TPSA) is 76.1 Å². The minimum Gasteiger partial charge on any atom is -0.309 e. The molecule has 0 rings (SSSR count). The molecule has 0 spiro atoms. The van der Waals surface area contributed by atoms with E-state index in [0.717, 1.165) is 32.2 Å². The third-order valence-electron chi connectivity index (χ3n) is 6.77. The lowest BCUT2D eigenvalue weighted by molar-refractivity contribution is -0.118. The van der Waals surface area contributed by atoms with Crippen molar-refractivity contribution in [3.63, 3.8) is 0 Å². The number of hydrogen-bond donors (Lipinski definition) is 1. The monoisotopic (exact) mass is 533 g/mol. The van der Waals surface area contributed by atoms with Crippen molar-refractivity contribution in [2.24, 2.45) is 5.92 Å². The largest absolute Gasteiger partial charge is 0.472 e. The van der Waals surface area contributed by atoms with Crippen LogP contribution in [0.4, 0.5) is 0 Å². The number of phosphoric acid groups is 1. The highest BCUT2D eigenvalue weighted by atomic mass is 31.2. The van der Waals surface area contributed by atoms with Crippen molar-refractivity contribution in [3.05, 3.63) is 0 Å². The van der Waals surface area contributed by atoms with Gasteiger partial charge in [-0.05, 0) is 52.7 Å². The predicted octanol–water partition coefficient (Wildman–Crippen LogP) is 8.71. The van der Waals surface area contributed by atoms with Crippen LogP contribution in [-0.4, -0.2) is 49.4 Å². The molecule has 0 aliphatic rings. The van der Waals surface area contributed by atoms with Gasteiger partial charge in [0.25, 0.3) is 0 Å². The van der Waals surface area contributed by atoms with Crippen molar-refractivity contribution in [1.82, 2.24) is 4.90 Å². The van der Waals surface area contributed by atoms with Crippen LogP contribution in [0, 0.1) is 5.92 Å². The molecule has 0 heterocycles. The van der Waals surface area contributed by atoms with Gasteiger partial charge in [-0.2, -0.15) is 0 Å². The molecule has 0 bridgehead atoms. The highest BCUT2D eigenvalue weighted by Gasteiger charge is 2.23. The summed E-state index contributed by atoms with van der Waals surface area (Å²) >= 11 is 0. The minimum absolute atomic E-state index is 0.0213. The van der Waals surface area contributed by atoms with Crippen molar-refractivity contribution in [2.75, 3.05) is 33.9 Å². The molecule has 36 heavy (non-hydrogen) atoms. The number of ketones is 1. The zero-order valence-corrected chi connectivity index (χ0v) is 25.2. The number of unbranched alkanes of at least 4 members (excludes halogenated alkanes) is 16. The number of hydrogen-bond acceptors (Lipinski definition) is 5. The van der Waals surface area contributed by atoms with Crippen molar-refractivity contribution in [3.8, 4) is 0 Å². The summed E-state index contributed by atoms with van der Waals surface area (Å²) in [5.74, 6) is 0.0735. The molecule has 6 nitrogen and oxygen atoms in total. The Morgan fingerprint density at radius 3 is 1.67 bits per heavy atom. The van der Waals surface area contributed by atoms with Crippen molar-refractivity contribution in [2.45, 2.75) is 142 Å². The van der Waals surface area contributed by atoms with Gasteiger partial charge in [-0.3, -0.25) is 9.05 Å². The highest BCUT2D eigenvalue weighted by Crippen LogP contribution is 2.44. The first kappa shape index (κ1) is 35.7. The van der Waals surface area contributed by atoms with Gasteiger partial charge in [0.2, 0.25) is 0 Å². The van der Waals surface area contributed by atoms with E-state index in [1.165, 1.54) is 89.9 Å². The number of Topliss-reactive ketones (excluding diaryl/α,β-unsaturated/α-hetero) is 1. The summed E-state index contributed by atoms with van der Waals surface area (Å²) in [6.45, 7) is 5.07. The fourth-order valence-electron chi connectivity index (χ4n) is 4.58. The first-order chi connectivity index (χ1) is 17.3. The average Bonchev–Trinajstić information content (AvgIpc) is 2.81. The van der Waals surface area contributed by atoms with Gasteiger partial charge in [0.05, 0.1) is 13.2 Å². The molecule has 0 amide bonds. The van der Waals surface area contributed by atoms with Crippen LogP contribution in [-0.2, 0) is 18.4 Å². The van der Waals surface area contributed by atoms with Crippen LogP contribution in [0.2, 0.25) is 0 Å². The van der Waals surface area contributed by atoms with Gasteiger partial charge < -0.3 is 14.6 Å². The normalized spacial score (nSPS) is 14.3. The summed E-state index contributed by atoms with van der Waals surface area (Å²) in [5, 5.41) is 0. The van der Waals surface area contributed by atoms with Crippen LogP contribution in [0.1, 0.15) is 142 Å². The molecular weight excluding hydrogens is 473 g/mol. The summed E-state index contributed by atoms with van der Waals surface area (Å²) in [5.41, 5.74) is 0. The van der Waals surface area contributed by atoms with Gasteiger partial charge in [0.15, 0.2) is 0 Å². The fourth-order valence-corrected chi connectivity index (χ4v) is 5.41. The Balaban J connectivity index is 3.75. The molecule has 0 aliphatic carbocycles. The molecule has 2 unspecified atom stereocenters. The van der Waals surface area contributed by atoms with Crippen LogP contribution in [0.15, 0.2) is 0 Å². The number of nitrogens with zero attached hydrogens (tertiary/aromatic N) is 1. The fraction of sp³-hybridized carbons (Fsp3) is 0.966. The Morgan fingerprint density at radius 1 is 0.750 bits per heavy atom. The molecule has 2 atom stereocenters. The van der Waals surface area contributed by atoms with Gasteiger partial charge in [-0.1, -0.05) is 110 Å². The van der Waals surface area contributed by atoms with E-state index in [4.69, 9.17) is 9.05 Å². The summed E-state index contributed by atoms with van der Waals surface area (Å²) in [7, 11) is -0.0638. The minimum atomic E-state index is -4.05. The lowest BCUT2D eigenvalue weighted by Gasteiger charge is -2.18. The summed E-state index contributed by atoms with van der Waals surface area (Å²) < 4.78 is 22.5. The summed E-state index contributed by atoms with van der Waals surface area (Å²) in [4.78, 5) is 23.6. The molecule has 216 valence electrons. The summed E-state index contributed by atoms with van der Waals surface area (Å²) in [6.07, 6.45) is 24.1. The first-order valence-corrected chi connectivity index (χ1v) is 16.5. The zero-order valence-electron chi connectivity index (χ0n) is 24.3. The SMILES string of the molecule is CCCCCCCCCCCCCCCCCCC(COP(=O)(O)OCCCCN(C)C)CC(C)=O. The van der Waals surface area contributed by atoms with Crippen LogP contribution in [0.25, 0.3) is 0 Å². The Hall–Kier alpha value is -0.260. The third kappa shape index (κ3) is 26.8. The van der Waals surface area contributed by atoms with Crippen molar-refractivity contribution in [1.29, 1.82) is 0 Å². The Bertz CT molecular complexity index is 544. The van der Waals surface area contributed by atoms with Gasteiger partial charge >= 0.3 is 7.82 Å². The second-order valence-corrected chi connectivity index (χ2v) is 12.4. The predicted molar refractivity (Wildman–Crippen MR) is 152 cm³/mol. The van der Waals surface area contributed by atoms with Gasteiger partial charge in [0.1, 0.15) is 5.78 Å². The van der Waals surface area contributed by atoms with Crippen molar-refractivity contribution < 1.29 is 23.3 Å². The van der Waals surface area contributed by atoms with E-state index in [1.807, 2.05) is 14.1 Å². The van der Waals surface area contributed by atoms with Gasteiger partial charge in [-0.15, -0.1) is 0 Å². The number of carbonyl (C=O) groups excluding carboxylic acids is 1. The molecule has 1 N–H and O–H groups in total. The van der Waals surface area contributed by atoms with E-state index in [2.05, 4.69) is 11.8 Å². The number of phosphoric ester groups is 1. The second kappa shape index (κ2) is 25.0. The van der Waals surface area contributed by atoms with Crippen LogP contribution < -0.4 is 0 Å². The molecule has 7 heteroatoms. The molecule has 0 aliphatic heterocycles. The van der Waals surface area contributed by atoms with Crippen LogP contribution >= 0.6 is 7.82 Å². The van der Waals surface area contributed by atoms with Crippen LogP contribution in [0.5, 0.6) is 0 Å². The molecule has 0 aromatic heterocycles. The second-order valence-electron chi connectivity index (χ2n) is 11.0. The van der Waals surface area contributed by atoms with Crippen LogP contribution in [0.3, 0.4) is 0 Å². The smallest absolute Gasteiger partial charge is 0.309 e. The molecule has 0 fully saturated rings. The maximum absolute atomic E-state index is 12.1. The molecular formula is C29H60NO5P. The molecule has 0 saturated heterocycles. The van der Waals surface area contributed by atoms with Crippen molar-refractivity contribution >= 4 is 13.6 Å². The van der Waals surface area contributed by atoms with E-state index in [-0.39, 0.29) is 24.9 Å². The number of carbonyl (C=O) groups is 1. The van der Waals surface area contributed by atoms with E-state index in [9.17, 15) is 14.3 Å². The van der Waals surface area contributed by atoms with E-state index in [0.29, 0.717) is 12.8 Å². The van der Waals surface area contributed by atoms with Gasteiger partial charge in [0, 0.05) is 6.42 Å². The standard InChI is InChI=1S/C29H60NO5P/c1-5-6-7-8-9-10-11-12-13-14-15-16-17-18-19-20-23-29(26-28(2)31)27-35-36(32,33)34-25-22-21-24-30(3)4/h29H,5-27H2,1-4H3,(H,32,33). The third-order valence-corrected chi connectivity index (χ3v) is 7.75. The molecule has 0 saturated carbocycles. The maximum atomic E-state index is 12.1. The zero-order chi connectivity index (χ0) is 26.9. The molecule has 0 aromatic rings. The van der Waals surface area contributed by atoms with E-state index >= 15 is 0 Å². The van der Waals surface area contributed by atoms with Gasteiger partial charge in [-0.25, -0.2) is 4.57 Å². The lowest BCUT2D eigenvalue weighted by Crippen LogP contribution is -2.14. The summed E-state index contributed by atoms with van der Waals surface area (Å²) in [6, 6.07) is 0. The van der Waals surface area contributed by atoms with E-state index in [1.54, 1.807) is 6.92 Å². The molecule has 0 radical (unpaired) electrons.